The SMILES string of the molecule is COc1ccc(C(=O)CC2(O)C(=O)Nc3c(OC)ccc(OC)c32)cc1. The van der Waals surface area contributed by atoms with Gasteiger partial charge in [0.05, 0.1) is 39.0 Å². The molecule has 26 heavy (non-hydrogen) atoms. The number of hydrogen-bond donors (Lipinski definition) is 2. The molecule has 1 aliphatic rings. The van der Waals surface area contributed by atoms with E-state index in [9.17, 15) is 14.7 Å². The maximum absolute atomic E-state index is 12.7. The number of ether oxygens (including phenoxy) is 3. The molecule has 3 rings (SSSR count). The van der Waals surface area contributed by atoms with Gasteiger partial charge in [0.25, 0.3) is 5.91 Å². The molecule has 7 nitrogen and oxygen atoms in total. The van der Waals surface area contributed by atoms with Gasteiger partial charge in [-0.05, 0) is 36.4 Å². The van der Waals surface area contributed by atoms with Crippen LogP contribution in [0.5, 0.6) is 17.2 Å². The fourth-order valence-corrected chi connectivity index (χ4v) is 3.05. The molecule has 0 fully saturated rings. The lowest BCUT2D eigenvalue weighted by atomic mass is 9.87. The van der Waals surface area contributed by atoms with Gasteiger partial charge in [-0.2, -0.15) is 0 Å². The van der Waals surface area contributed by atoms with E-state index < -0.39 is 17.9 Å². The molecule has 136 valence electrons. The normalized spacial score (nSPS) is 18.1. The highest BCUT2D eigenvalue weighted by molar-refractivity contribution is 6.11. The lowest BCUT2D eigenvalue weighted by molar-refractivity contribution is -0.133. The number of carbonyl (C=O) groups is 2. The van der Waals surface area contributed by atoms with Crippen molar-refractivity contribution in [3.8, 4) is 17.2 Å². The number of fused-ring (bicyclic) bond motifs is 1. The third-order valence-electron chi connectivity index (χ3n) is 4.42. The molecule has 0 spiro atoms. The average Bonchev–Trinajstić information content (AvgIpc) is 2.92. The van der Waals surface area contributed by atoms with Crippen LogP contribution in [0.4, 0.5) is 5.69 Å². The van der Waals surface area contributed by atoms with Crippen molar-refractivity contribution < 1.29 is 28.9 Å². The number of benzene rings is 2. The topological polar surface area (TPSA) is 94.1 Å². The minimum Gasteiger partial charge on any atom is -0.497 e. The zero-order chi connectivity index (χ0) is 18.9. The first-order valence-electron chi connectivity index (χ1n) is 7.91. The van der Waals surface area contributed by atoms with Crippen LogP contribution in [0.2, 0.25) is 0 Å². The molecule has 2 N–H and O–H groups in total. The van der Waals surface area contributed by atoms with E-state index in [-0.39, 0.29) is 11.3 Å². The molecule has 0 aromatic heterocycles. The number of rotatable bonds is 6. The molecule has 0 aliphatic carbocycles. The third kappa shape index (κ3) is 2.76. The molecule has 7 heteroatoms. The molecule has 1 heterocycles. The van der Waals surface area contributed by atoms with Crippen LogP contribution in [0, 0.1) is 0 Å². The fourth-order valence-electron chi connectivity index (χ4n) is 3.05. The quantitative estimate of drug-likeness (QED) is 0.769. The minimum atomic E-state index is -2.05. The molecule has 2 aromatic rings. The average molecular weight is 357 g/mol. The Morgan fingerprint density at radius 3 is 2.19 bits per heavy atom. The van der Waals surface area contributed by atoms with Gasteiger partial charge in [-0.15, -0.1) is 0 Å². The van der Waals surface area contributed by atoms with Gasteiger partial charge < -0.3 is 24.6 Å². The summed E-state index contributed by atoms with van der Waals surface area (Å²) in [7, 11) is 4.41. The first-order chi connectivity index (χ1) is 12.4. The zero-order valence-electron chi connectivity index (χ0n) is 14.7. The Balaban J connectivity index is 2.00. The summed E-state index contributed by atoms with van der Waals surface area (Å²) in [6.45, 7) is 0. The van der Waals surface area contributed by atoms with Crippen molar-refractivity contribution >= 4 is 17.4 Å². The molecular formula is C19H19NO6. The first kappa shape index (κ1) is 17.8. The van der Waals surface area contributed by atoms with Crippen molar-refractivity contribution in [3.63, 3.8) is 0 Å². The summed E-state index contributed by atoms with van der Waals surface area (Å²) in [5, 5.41) is 13.7. The molecule has 1 atom stereocenters. The van der Waals surface area contributed by atoms with Gasteiger partial charge >= 0.3 is 0 Å². The van der Waals surface area contributed by atoms with Crippen LogP contribution >= 0.6 is 0 Å². The highest BCUT2D eigenvalue weighted by Crippen LogP contribution is 2.48. The van der Waals surface area contributed by atoms with E-state index >= 15 is 0 Å². The second-order valence-corrected chi connectivity index (χ2v) is 5.86. The Labute approximate surface area is 150 Å². The maximum Gasteiger partial charge on any atom is 0.261 e. The lowest BCUT2D eigenvalue weighted by Gasteiger charge is -2.22. The molecule has 1 unspecified atom stereocenters. The zero-order valence-corrected chi connectivity index (χ0v) is 14.7. The Kier molecular flexibility index (Phi) is 4.56. The van der Waals surface area contributed by atoms with E-state index in [1.54, 1.807) is 36.4 Å². The summed E-state index contributed by atoms with van der Waals surface area (Å²) in [5.41, 5.74) is -1.18. The van der Waals surface area contributed by atoms with Crippen molar-refractivity contribution in [3.05, 3.63) is 47.5 Å². The number of hydrogen-bond acceptors (Lipinski definition) is 6. The van der Waals surface area contributed by atoms with Crippen LogP contribution in [0.1, 0.15) is 22.3 Å². The van der Waals surface area contributed by atoms with Gasteiger partial charge in [-0.1, -0.05) is 0 Å². The van der Waals surface area contributed by atoms with E-state index in [2.05, 4.69) is 5.32 Å². The standard InChI is InChI=1S/C19H19NO6/c1-24-12-6-4-11(5-7-12)13(21)10-19(23)16-14(25-2)8-9-15(26-3)17(16)20-18(19)22/h4-9,23H,10H2,1-3H3,(H,20,22). The Morgan fingerprint density at radius 2 is 1.62 bits per heavy atom. The number of anilines is 1. The van der Waals surface area contributed by atoms with Gasteiger partial charge in [0, 0.05) is 5.56 Å². The largest absolute Gasteiger partial charge is 0.497 e. The van der Waals surface area contributed by atoms with Crippen molar-refractivity contribution in [2.24, 2.45) is 0 Å². The summed E-state index contributed by atoms with van der Waals surface area (Å²) in [6.07, 6.45) is -0.429. The van der Waals surface area contributed by atoms with Crippen LogP contribution in [-0.4, -0.2) is 38.1 Å². The fraction of sp³-hybridized carbons (Fsp3) is 0.263. The molecule has 0 saturated heterocycles. The summed E-state index contributed by atoms with van der Waals surface area (Å²) < 4.78 is 15.6. The summed E-state index contributed by atoms with van der Waals surface area (Å²) in [4.78, 5) is 25.2. The Hall–Kier alpha value is -3.06. The van der Waals surface area contributed by atoms with Gasteiger partial charge in [0.15, 0.2) is 11.4 Å². The van der Waals surface area contributed by atoms with Crippen molar-refractivity contribution in [1.29, 1.82) is 0 Å². The minimum absolute atomic E-state index is 0.200. The van der Waals surface area contributed by atoms with E-state index in [1.807, 2.05) is 0 Å². The molecule has 0 radical (unpaired) electrons. The van der Waals surface area contributed by atoms with Crippen LogP contribution in [-0.2, 0) is 10.4 Å². The number of nitrogens with one attached hydrogen (secondary N) is 1. The highest BCUT2D eigenvalue weighted by Gasteiger charge is 2.50. The van der Waals surface area contributed by atoms with Gasteiger partial charge in [-0.25, -0.2) is 0 Å². The molecule has 1 aliphatic heterocycles. The lowest BCUT2D eigenvalue weighted by Crippen LogP contribution is -2.36. The highest BCUT2D eigenvalue weighted by atomic mass is 16.5. The number of Topliss-reactive ketones (excluding diaryl/α,β-unsaturated/α-hetero) is 1. The predicted octanol–water partition coefficient (Wildman–Crippen LogP) is 2.13. The summed E-state index contributed by atoms with van der Waals surface area (Å²) in [6, 6.07) is 9.66. The molecular weight excluding hydrogens is 338 g/mol. The van der Waals surface area contributed by atoms with E-state index in [4.69, 9.17) is 14.2 Å². The van der Waals surface area contributed by atoms with Gasteiger partial charge in [-0.3, -0.25) is 9.59 Å². The van der Waals surface area contributed by atoms with Gasteiger partial charge in [0.1, 0.15) is 17.2 Å². The molecule has 2 aromatic carbocycles. The second-order valence-electron chi connectivity index (χ2n) is 5.86. The molecule has 0 bridgehead atoms. The predicted molar refractivity (Wildman–Crippen MR) is 94.0 cm³/mol. The van der Waals surface area contributed by atoms with Crippen LogP contribution in [0.3, 0.4) is 0 Å². The Morgan fingerprint density at radius 1 is 1.00 bits per heavy atom. The van der Waals surface area contributed by atoms with E-state index in [0.29, 0.717) is 28.5 Å². The smallest absolute Gasteiger partial charge is 0.261 e. The van der Waals surface area contributed by atoms with Gasteiger partial charge in [0.2, 0.25) is 0 Å². The maximum atomic E-state index is 12.7. The number of ketones is 1. The monoisotopic (exact) mass is 357 g/mol. The number of carbonyl (C=O) groups excluding carboxylic acids is 2. The molecule has 0 saturated carbocycles. The van der Waals surface area contributed by atoms with Crippen molar-refractivity contribution in [2.45, 2.75) is 12.0 Å². The van der Waals surface area contributed by atoms with Crippen molar-refractivity contribution in [2.75, 3.05) is 26.6 Å². The van der Waals surface area contributed by atoms with Crippen LogP contribution in [0.15, 0.2) is 36.4 Å². The number of methoxy groups -OCH3 is 3. The second kappa shape index (κ2) is 6.68. The van der Waals surface area contributed by atoms with Crippen LogP contribution in [0.25, 0.3) is 0 Å². The summed E-state index contributed by atoms with van der Waals surface area (Å²) >= 11 is 0. The third-order valence-corrected chi connectivity index (χ3v) is 4.42. The first-order valence-corrected chi connectivity index (χ1v) is 7.91. The van der Waals surface area contributed by atoms with Crippen LogP contribution < -0.4 is 19.5 Å². The number of amides is 1. The van der Waals surface area contributed by atoms with E-state index in [1.165, 1.54) is 21.3 Å². The number of aliphatic hydroxyl groups is 1. The van der Waals surface area contributed by atoms with Crippen molar-refractivity contribution in [1.82, 2.24) is 0 Å². The summed E-state index contributed by atoms with van der Waals surface area (Å²) in [5.74, 6) is 0.196. The van der Waals surface area contributed by atoms with E-state index in [0.717, 1.165) is 0 Å². The molecule has 1 amide bonds. The Bertz CT molecular complexity index is 861.